The lowest BCUT2D eigenvalue weighted by atomic mass is 10.1. The number of amides is 2. The summed E-state index contributed by atoms with van der Waals surface area (Å²) in [4.78, 5) is 41.4. The van der Waals surface area contributed by atoms with Crippen LogP contribution >= 0.6 is 0 Å². The van der Waals surface area contributed by atoms with E-state index in [1.807, 2.05) is 18.3 Å². The van der Waals surface area contributed by atoms with Gasteiger partial charge >= 0.3 is 0 Å². The number of fused-ring (bicyclic) bond motifs is 1. The molecule has 1 saturated heterocycles. The summed E-state index contributed by atoms with van der Waals surface area (Å²) in [6, 6.07) is 12.5. The number of pyridine rings is 1. The Morgan fingerprint density at radius 3 is 2.12 bits per heavy atom. The SMILES string of the molecule is O=C(CO)N1CCN(C(=O)Cn2cc(-c3cnc(NC4Cc5ccccc5C4)nc3)c(-c3ccncc3)n2)CC1. The lowest BCUT2D eigenvalue weighted by Crippen LogP contribution is -2.51. The summed E-state index contributed by atoms with van der Waals surface area (Å²) in [5.74, 6) is 0.177. The molecule has 1 aliphatic carbocycles. The van der Waals surface area contributed by atoms with Crippen molar-refractivity contribution in [2.75, 3.05) is 38.1 Å². The van der Waals surface area contributed by atoms with Crippen LogP contribution in [0.3, 0.4) is 0 Å². The van der Waals surface area contributed by atoms with Gasteiger partial charge in [0.15, 0.2) is 0 Å². The number of carbonyl (C=O) groups excluding carboxylic acids is 2. The normalized spacial score (nSPS) is 15.2. The van der Waals surface area contributed by atoms with Crippen LogP contribution in [-0.2, 0) is 29.0 Å². The Labute approximate surface area is 231 Å². The first-order valence-corrected chi connectivity index (χ1v) is 13.4. The van der Waals surface area contributed by atoms with Gasteiger partial charge in [0, 0.05) is 79.9 Å². The Hall–Kier alpha value is -4.64. The Balaban J connectivity index is 1.18. The number of rotatable bonds is 7. The lowest BCUT2D eigenvalue weighted by molar-refractivity contribution is -0.141. The van der Waals surface area contributed by atoms with E-state index in [4.69, 9.17) is 10.2 Å². The molecule has 1 aromatic carbocycles. The van der Waals surface area contributed by atoms with Crippen LogP contribution in [0.25, 0.3) is 22.4 Å². The molecule has 0 radical (unpaired) electrons. The first-order chi connectivity index (χ1) is 19.6. The molecule has 204 valence electrons. The summed E-state index contributed by atoms with van der Waals surface area (Å²) in [5, 5.41) is 17.3. The van der Waals surface area contributed by atoms with Crippen molar-refractivity contribution < 1.29 is 14.7 Å². The number of hydrogen-bond acceptors (Lipinski definition) is 8. The van der Waals surface area contributed by atoms with Gasteiger partial charge in [-0.1, -0.05) is 24.3 Å². The van der Waals surface area contributed by atoms with Gasteiger partial charge < -0.3 is 20.2 Å². The minimum absolute atomic E-state index is 0.0643. The van der Waals surface area contributed by atoms with E-state index in [9.17, 15) is 9.59 Å². The summed E-state index contributed by atoms with van der Waals surface area (Å²) in [7, 11) is 0. The topological polar surface area (TPSA) is 129 Å². The second-order valence-corrected chi connectivity index (χ2v) is 10.1. The molecule has 4 aromatic rings. The largest absolute Gasteiger partial charge is 0.387 e. The van der Waals surface area contributed by atoms with Crippen LogP contribution in [0.5, 0.6) is 0 Å². The molecule has 6 rings (SSSR count). The van der Waals surface area contributed by atoms with Gasteiger partial charge in [-0.2, -0.15) is 5.10 Å². The van der Waals surface area contributed by atoms with Gasteiger partial charge in [0.05, 0.1) is 0 Å². The maximum Gasteiger partial charge on any atom is 0.248 e. The molecule has 1 aliphatic heterocycles. The van der Waals surface area contributed by atoms with Crippen LogP contribution in [0.1, 0.15) is 11.1 Å². The minimum Gasteiger partial charge on any atom is -0.387 e. The first-order valence-electron chi connectivity index (χ1n) is 13.4. The zero-order chi connectivity index (χ0) is 27.5. The van der Waals surface area contributed by atoms with Crippen LogP contribution in [0.4, 0.5) is 5.95 Å². The number of aromatic nitrogens is 5. The maximum absolute atomic E-state index is 13.1. The highest BCUT2D eigenvalue weighted by atomic mass is 16.3. The highest BCUT2D eigenvalue weighted by Crippen LogP contribution is 2.31. The molecule has 40 heavy (non-hydrogen) atoms. The standard InChI is InChI=1S/C29H30N8O3/c38-19-27(40)36-11-9-35(10-12-36)26(39)18-37-17-25(28(34-37)20-5-7-30-8-6-20)23-15-31-29(32-16-23)33-24-13-21-3-1-2-4-22(21)14-24/h1-8,15-17,24,38H,9-14,18-19H2,(H,31,32,33). The monoisotopic (exact) mass is 538 g/mol. The van der Waals surface area contributed by atoms with Gasteiger partial charge in [-0.05, 0) is 36.1 Å². The minimum atomic E-state index is -0.516. The highest BCUT2D eigenvalue weighted by Gasteiger charge is 2.25. The van der Waals surface area contributed by atoms with Crippen LogP contribution < -0.4 is 5.32 Å². The third-order valence-electron chi connectivity index (χ3n) is 7.48. The molecule has 11 heteroatoms. The lowest BCUT2D eigenvalue weighted by Gasteiger charge is -2.34. The second kappa shape index (κ2) is 11.2. The van der Waals surface area contributed by atoms with Crippen molar-refractivity contribution in [3.05, 3.63) is 78.5 Å². The molecule has 0 unspecified atom stereocenters. The summed E-state index contributed by atoms with van der Waals surface area (Å²) >= 11 is 0. The third-order valence-corrected chi connectivity index (χ3v) is 7.48. The molecule has 0 spiro atoms. The van der Waals surface area contributed by atoms with Gasteiger partial charge in [0.2, 0.25) is 17.8 Å². The molecule has 4 heterocycles. The van der Waals surface area contributed by atoms with Crippen molar-refractivity contribution >= 4 is 17.8 Å². The molecule has 2 aliphatic rings. The molecule has 0 atom stereocenters. The van der Waals surface area contributed by atoms with Crippen molar-refractivity contribution in [2.45, 2.75) is 25.4 Å². The van der Waals surface area contributed by atoms with Gasteiger partial charge in [-0.15, -0.1) is 0 Å². The van der Waals surface area contributed by atoms with E-state index >= 15 is 0 Å². The molecular formula is C29H30N8O3. The molecule has 0 bridgehead atoms. The van der Waals surface area contributed by atoms with Gasteiger partial charge in [-0.25, -0.2) is 9.97 Å². The maximum atomic E-state index is 13.1. The molecule has 2 amide bonds. The van der Waals surface area contributed by atoms with Crippen LogP contribution in [0, 0.1) is 0 Å². The van der Waals surface area contributed by atoms with Crippen LogP contribution in [-0.4, -0.2) is 90.3 Å². The Morgan fingerprint density at radius 1 is 0.875 bits per heavy atom. The van der Waals surface area contributed by atoms with Gasteiger partial charge in [-0.3, -0.25) is 19.3 Å². The van der Waals surface area contributed by atoms with E-state index in [1.54, 1.807) is 39.3 Å². The highest BCUT2D eigenvalue weighted by molar-refractivity contribution is 5.81. The summed E-state index contributed by atoms with van der Waals surface area (Å²) in [6.45, 7) is 1.20. The quantitative estimate of drug-likeness (QED) is 0.363. The fourth-order valence-corrected chi connectivity index (χ4v) is 5.37. The summed E-state index contributed by atoms with van der Waals surface area (Å²) in [5.41, 5.74) is 5.92. The van der Waals surface area contributed by atoms with Crippen LogP contribution in [0.15, 0.2) is 67.4 Å². The van der Waals surface area contributed by atoms with Crippen molar-refractivity contribution in [1.29, 1.82) is 0 Å². The second-order valence-electron chi connectivity index (χ2n) is 10.1. The average Bonchev–Trinajstić information content (AvgIpc) is 3.61. The van der Waals surface area contributed by atoms with Gasteiger partial charge in [0.1, 0.15) is 18.8 Å². The fraction of sp³-hybridized carbons (Fsp3) is 0.310. The van der Waals surface area contributed by atoms with E-state index in [1.165, 1.54) is 11.1 Å². The zero-order valence-corrected chi connectivity index (χ0v) is 22.0. The number of benzene rings is 1. The van der Waals surface area contributed by atoms with E-state index < -0.39 is 6.61 Å². The zero-order valence-electron chi connectivity index (χ0n) is 22.0. The average molecular weight is 539 g/mol. The van der Waals surface area contributed by atoms with Crippen LogP contribution in [0.2, 0.25) is 0 Å². The Bertz CT molecular complexity index is 1470. The number of carbonyl (C=O) groups is 2. The molecular weight excluding hydrogens is 508 g/mol. The Morgan fingerprint density at radius 2 is 1.50 bits per heavy atom. The summed E-state index contributed by atoms with van der Waals surface area (Å²) in [6.07, 6.45) is 10.7. The molecule has 1 fully saturated rings. The smallest absolute Gasteiger partial charge is 0.248 e. The molecule has 2 N–H and O–H groups in total. The number of aliphatic hydroxyl groups is 1. The number of anilines is 1. The predicted molar refractivity (Wildman–Crippen MR) is 148 cm³/mol. The number of nitrogens with one attached hydrogen (secondary N) is 1. The number of aliphatic hydroxyl groups excluding tert-OH is 1. The van der Waals surface area contributed by atoms with E-state index in [-0.39, 0.29) is 24.4 Å². The molecule has 3 aromatic heterocycles. The van der Waals surface area contributed by atoms with Crippen molar-refractivity contribution in [3.63, 3.8) is 0 Å². The van der Waals surface area contributed by atoms with Crippen molar-refractivity contribution in [3.8, 4) is 22.4 Å². The Kier molecular flexibility index (Phi) is 7.19. The van der Waals surface area contributed by atoms with E-state index in [0.717, 1.165) is 29.5 Å². The van der Waals surface area contributed by atoms with E-state index in [2.05, 4.69) is 44.5 Å². The van der Waals surface area contributed by atoms with Crippen molar-refractivity contribution in [1.82, 2.24) is 34.5 Å². The van der Waals surface area contributed by atoms with E-state index in [0.29, 0.717) is 37.8 Å². The third kappa shape index (κ3) is 5.41. The number of piperazine rings is 1. The van der Waals surface area contributed by atoms with Crippen molar-refractivity contribution in [2.24, 2.45) is 0 Å². The molecule has 11 nitrogen and oxygen atoms in total. The first kappa shape index (κ1) is 25.6. The van der Waals surface area contributed by atoms with Gasteiger partial charge in [0.25, 0.3) is 0 Å². The summed E-state index contributed by atoms with van der Waals surface area (Å²) < 4.78 is 1.64. The number of hydrogen-bond donors (Lipinski definition) is 2. The molecule has 0 saturated carbocycles. The predicted octanol–water partition coefficient (Wildman–Crippen LogP) is 1.64. The fourth-order valence-electron chi connectivity index (χ4n) is 5.37. The number of nitrogens with zero attached hydrogens (tertiary/aromatic N) is 7.